The maximum atomic E-state index is 14.0. The van der Waals surface area contributed by atoms with Gasteiger partial charge in [-0.15, -0.1) is 0 Å². The summed E-state index contributed by atoms with van der Waals surface area (Å²) in [6.45, 7) is 8.16. The second-order valence-electron chi connectivity index (χ2n) is 10.9. The molecule has 1 aromatic heterocycles. The molecule has 3 aromatic carbocycles. The number of ether oxygens (including phenoxy) is 1. The standard InChI is InChI=1S/C34H43F3N2O7P2/c1-6-43-47(40,44-7-2)33(48(41,45-8-3)46-9-4)23-29-22-27-12-17-30(24-32(27)38-29)39(5)20-21-42-31-18-13-26(14-19-31)25-10-15-28(16-11-25)34(35,36)37/h10-19,22,24,33,38H,6-9,20-21,23H2,1-5H3. The van der Waals surface area contributed by atoms with Gasteiger partial charge in [0.1, 0.15) is 12.4 Å². The lowest BCUT2D eigenvalue weighted by Crippen LogP contribution is -2.23. The van der Waals surface area contributed by atoms with Crippen molar-refractivity contribution in [2.45, 2.75) is 45.7 Å². The molecule has 0 aliphatic heterocycles. The first-order valence-electron chi connectivity index (χ1n) is 15.9. The Hall–Kier alpha value is -3.11. The van der Waals surface area contributed by atoms with Gasteiger partial charge < -0.3 is 32.7 Å². The smallest absolute Gasteiger partial charge is 0.416 e. The zero-order chi connectivity index (χ0) is 35.0. The van der Waals surface area contributed by atoms with Crippen LogP contribution in [0.15, 0.2) is 72.8 Å². The number of rotatable bonds is 18. The van der Waals surface area contributed by atoms with Crippen LogP contribution >= 0.6 is 15.2 Å². The lowest BCUT2D eigenvalue weighted by atomic mass is 10.0. The first-order chi connectivity index (χ1) is 22.9. The number of likely N-dealkylation sites (N-methyl/N-ethyl adjacent to an activating group) is 1. The Kier molecular flexibility index (Phi) is 13.0. The van der Waals surface area contributed by atoms with Gasteiger partial charge >= 0.3 is 21.4 Å². The molecule has 0 spiro atoms. The van der Waals surface area contributed by atoms with Crippen LogP contribution in [0.4, 0.5) is 18.9 Å². The van der Waals surface area contributed by atoms with Gasteiger partial charge in [0, 0.05) is 30.4 Å². The molecule has 9 nitrogen and oxygen atoms in total. The first-order valence-corrected chi connectivity index (χ1v) is 19.1. The van der Waals surface area contributed by atoms with E-state index in [2.05, 4.69) is 4.98 Å². The Morgan fingerprint density at radius 2 is 1.27 bits per heavy atom. The molecule has 0 saturated heterocycles. The van der Waals surface area contributed by atoms with Crippen molar-refractivity contribution >= 4 is 31.8 Å². The topological polar surface area (TPSA) is 99.3 Å². The molecule has 48 heavy (non-hydrogen) atoms. The SMILES string of the molecule is CCOP(=O)(OCC)C(Cc1cc2ccc(N(C)CCOc3ccc(-c4ccc(C(F)(F)F)cc4)cc3)cc2[nH]1)P(=O)(OCC)OCC. The van der Waals surface area contributed by atoms with Crippen molar-refractivity contribution in [2.24, 2.45) is 0 Å². The number of nitrogens with zero attached hydrogens (tertiary/aromatic N) is 1. The Balaban J connectivity index is 1.43. The molecule has 0 amide bonds. The molecule has 0 bridgehead atoms. The van der Waals surface area contributed by atoms with E-state index in [1.165, 1.54) is 12.1 Å². The molecule has 0 atom stereocenters. The minimum absolute atomic E-state index is 0.0555. The summed E-state index contributed by atoms with van der Waals surface area (Å²) in [6, 6.07) is 20.1. The molecule has 1 N–H and O–H groups in total. The minimum Gasteiger partial charge on any atom is -0.492 e. The van der Waals surface area contributed by atoms with Crippen LogP contribution in [0, 0.1) is 0 Å². The van der Waals surface area contributed by atoms with Gasteiger partial charge in [-0.3, -0.25) is 9.13 Å². The molecule has 0 saturated carbocycles. The average Bonchev–Trinajstić information content (AvgIpc) is 3.46. The van der Waals surface area contributed by atoms with Gasteiger partial charge in [-0.1, -0.05) is 30.3 Å². The number of aromatic nitrogens is 1. The number of halogens is 3. The number of benzene rings is 3. The van der Waals surface area contributed by atoms with E-state index in [-0.39, 0.29) is 32.8 Å². The molecule has 14 heteroatoms. The Morgan fingerprint density at radius 1 is 0.750 bits per heavy atom. The van der Waals surface area contributed by atoms with Crippen LogP contribution in [-0.4, -0.2) is 57.0 Å². The van der Waals surface area contributed by atoms with Crippen molar-refractivity contribution in [2.75, 3.05) is 51.5 Å². The summed E-state index contributed by atoms with van der Waals surface area (Å²) in [5, 5.41) is -0.253. The van der Waals surface area contributed by atoms with Gasteiger partial charge in [-0.05, 0) is 86.7 Å². The number of anilines is 1. The predicted molar refractivity (Wildman–Crippen MR) is 183 cm³/mol. The van der Waals surface area contributed by atoms with E-state index in [1.807, 2.05) is 48.3 Å². The zero-order valence-corrected chi connectivity index (χ0v) is 29.6. The normalized spacial score (nSPS) is 12.6. The summed E-state index contributed by atoms with van der Waals surface area (Å²) < 4.78 is 94.9. The summed E-state index contributed by atoms with van der Waals surface area (Å²) in [5.74, 6) is 0.644. The van der Waals surface area contributed by atoms with Gasteiger partial charge in [0.2, 0.25) is 0 Å². The molecule has 1 heterocycles. The van der Waals surface area contributed by atoms with Crippen molar-refractivity contribution in [1.82, 2.24) is 4.98 Å². The van der Waals surface area contributed by atoms with Gasteiger partial charge in [0.15, 0.2) is 5.40 Å². The minimum atomic E-state index is -4.37. The van der Waals surface area contributed by atoms with Gasteiger partial charge in [0.05, 0.1) is 38.5 Å². The van der Waals surface area contributed by atoms with Crippen molar-refractivity contribution in [3.8, 4) is 16.9 Å². The van der Waals surface area contributed by atoms with Crippen LogP contribution in [-0.2, 0) is 39.8 Å². The highest BCUT2D eigenvalue weighted by molar-refractivity contribution is 7.72. The van der Waals surface area contributed by atoms with Crippen molar-refractivity contribution in [3.63, 3.8) is 0 Å². The fraction of sp³-hybridized carbons (Fsp3) is 0.412. The summed E-state index contributed by atoms with van der Waals surface area (Å²) in [4.78, 5) is 5.40. The number of aromatic amines is 1. The highest BCUT2D eigenvalue weighted by atomic mass is 31.2. The van der Waals surface area contributed by atoms with Crippen molar-refractivity contribution < 1.29 is 45.1 Å². The average molecular weight is 711 g/mol. The van der Waals surface area contributed by atoms with Crippen LogP contribution in [0.5, 0.6) is 5.75 Å². The second kappa shape index (κ2) is 16.5. The fourth-order valence-electron chi connectivity index (χ4n) is 5.28. The molecule has 4 aromatic rings. The Labute approximate surface area is 279 Å². The van der Waals surface area contributed by atoms with E-state index in [9.17, 15) is 22.3 Å². The molecule has 0 fully saturated rings. The third-order valence-electron chi connectivity index (χ3n) is 7.57. The Bertz CT molecular complexity index is 1660. The third kappa shape index (κ3) is 9.31. The molecule has 0 aliphatic rings. The predicted octanol–water partition coefficient (Wildman–Crippen LogP) is 9.77. The van der Waals surface area contributed by atoms with E-state index in [1.54, 1.807) is 39.8 Å². The maximum absolute atomic E-state index is 14.0. The first kappa shape index (κ1) is 37.7. The number of hydrogen-bond donors (Lipinski definition) is 1. The summed E-state index contributed by atoms with van der Waals surface area (Å²) in [7, 11) is -5.86. The second-order valence-corrected chi connectivity index (χ2v) is 15.7. The van der Waals surface area contributed by atoms with Crippen LogP contribution in [0.2, 0.25) is 0 Å². The molecule has 0 radical (unpaired) electrons. The maximum Gasteiger partial charge on any atom is 0.416 e. The third-order valence-corrected chi connectivity index (χ3v) is 13.6. The van der Waals surface area contributed by atoms with Gasteiger partial charge in [-0.25, -0.2) is 0 Å². The highest BCUT2D eigenvalue weighted by Crippen LogP contribution is 2.71. The monoisotopic (exact) mass is 710 g/mol. The number of hydrogen-bond acceptors (Lipinski definition) is 8. The van der Waals surface area contributed by atoms with E-state index in [0.29, 0.717) is 30.2 Å². The van der Waals surface area contributed by atoms with E-state index >= 15 is 0 Å². The molecule has 4 rings (SSSR count). The van der Waals surface area contributed by atoms with E-state index in [0.717, 1.165) is 34.3 Å². The van der Waals surface area contributed by atoms with Crippen LogP contribution in [0.3, 0.4) is 0 Å². The van der Waals surface area contributed by atoms with Gasteiger partial charge in [0.25, 0.3) is 0 Å². The number of fused-ring (bicyclic) bond motifs is 1. The number of nitrogens with one attached hydrogen (secondary N) is 1. The van der Waals surface area contributed by atoms with Crippen LogP contribution in [0.1, 0.15) is 39.0 Å². The molecule has 0 unspecified atom stereocenters. The van der Waals surface area contributed by atoms with Crippen molar-refractivity contribution in [1.29, 1.82) is 0 Å². The zero-order valence-electron chi connectivity index (χ0n) is 27.8. The summed E-state index contributed by atoms with van der Waals surface area (Å²) >= 11 is 0. The summed E-state index contributed by atoms with van der Waals surface area (Å²) in [6.07, 6.45) is -4.31. The van der Waals surface area contributed by atoms with E-state index < -0.39 is 32.3 Å². The fourth-order valence-corrected chi connectivity index (χ4v) is 10.6. The van der Waals surface area contributed by atoms with Crippen LogP contribution in [0.25, 0.3) is 22.0 Å². The number of alkyl halides is 3. The van der Waals surface area contributed by atoms with Gasteiger partial charge in [-0.2, -0.15) is 13.2 Å². The highest BCUT2D eigenvalue weighted by Gasteiger charge is 2.51. The quantitative estimate of drug-likeness (QED) is 0.102. The molecule has 262 valence electrons. The Morgan fingerprint density at radius 3 is 1.77 bits per heavy atom. The largest absolute Gasteiger partial charge is 0.492 e. The number of H-pyrrole nitrogens is 1. The molecular weight excluding hydrogens is 667 g/mol. The molecule has 0 aliphatic carbocycles. The van der Waals surface area contributed by atoms with E-state index in [4.69, 9.17) is 22.8 Å². The van der Waals surface area contributed by atoms with Crippen LogP contribution < -0.4 is 9.64 Å². The van der Waals surface area contributed by atoms with Crippen molar-refractivity contribution in [3.05, 3.63) is 84.1 Å². The lowest BCUT2D eigenvalue weighted by molar-refractivity contribution is -0.137. The summed E-state index contributed by atoms with van der Waals surface area (Å²) in [5.41, 5.74) is 3.23. The lowest BCUT2D eigenvalue weighted by Gasteiger charge is -2.31. The molecular formula is C34H43F3N2O7P2.